The van der Waals surface area contributed by atoms with Gasteiger partial charge in [0.25, 0.3) is 0 Å². The van der Waals surface area contributed by atoms with Gasteiger partial charge in [-0.1, -0.05) is 75.2 Å². The van der Waals surface area contributed by atoms with Crippen LogP contribution in [0.3, 0.4) is 0 Å². The Hall–Kier alpha value is -1.92. The van der Waals surface area contributed by atoms with E-state index in [1.165, 1.54) is 5.56 Å². The van der Waals surface area contributed by atoms with Gasteiger partial charge in [0.05, 0.1) is 19.1 Å². The zero-order valence-corrected chi connectivity index (χ0v) is 26.6. The van der Waals surface area contributed by atoms with Crippen LogP contribution >= 0.6 is 23.2 Å². The van der Waals surface area contributed by atoms with Crippen LogP contribution in [0.5, 0.6) is 0 Å². The Labute approximate surface area is 251 Å². The first-order valence-electron chi connectivity index (χ1n) is 14.4. The van der Waals surface area contributed by atoms with Gasteiger partial charge in [-0.05, 0) is 99.2 Å². The van der Waals surface area contributed by atoms with Crippen LogP contribution in [0.2, 0.25) is 10.0 Å². The maximum atomic E-state index is 11.9. The maximum absolute atomic E-state index is 11.9. The van der Waals surface area contributed by atoms with Crippen molar-refractivity contribution in [3.05, 3.63) is 69.2 Å². The number of aliphatic hydroxyl groups is 1. The topological polar surface area (TPSA) is 73.6 Å². The van der Waals surface area contributed by atoms with Crippen LogP contribution in [0.25, 0.3) is 0 Å². The number of carbonyl (C=O) groups is 1. The van der Waals surface area contributed by atoms with Crippen molar-refractivity contribution in [2.45, 2.75) is 104 Å². The maximum Gasteiger partial charge on any atom is 0.310 e. The number of rotatable bonds is 10. The number of ether oxygens (including phenoxy) is 1. The zero-order chi connectivity index (χ0) is 29.9. The lowest BCUT2D eigenvalue weighted by molar-refractivity contribution is -0.142. The van der Waals surface area contributed by atoms with Gasteiger partial charge in [0.1, 0.15) is 0 Å². The molecule has 5 nitrogen and oxygen atoms in total. The summed E-state index contributed by atoms with van der Waals surface area (Å²) in [5.74, 6) is -0.151. The molecule has 0 aliphatic heterocycles. The van der Waals surface area contributed by atoms with Crippen molar-refractivity contribution in [1.29, 1.82) is 5.41 Å². The second-order valence-corrected chi connectivity index (χ2v) is 13.0. The fourth-order valence-corrected chi connectivity index (χ4v) is 5.48. The summed E-state index contributed by atoms with van der Waals surface area (Å²) in [7, 11) is 2.24. The molecule has 1 aliphatic carbocycles. The molecule has 1 atom stereocenters. The summed E-state index contributed by atoms with van der Waals surface area (Å²) in [6.45, 7) is 11.1. The van der Waals surface area contributed by atoms with Crippen molar-refractivity contribution < 1.29 is 14.6 Å². The third kappa shape index (κ3) is 12.3. The van der Waals surface area contributed by atoms with E-state index in [1.807, 2.05) is 6.92 Å². The van der Waals surface area contributed by atoms with Gasteiger partial charge in [-0.25, -0.2) is 0 Å². The van der Waals surface area contributed by atoms with E-state index in [-0.39, 0.29) is 12.1 Å². The number of hydrogen-bond acceptors (Lipinski definition) is 5. The molecule has 0 amide bonds. The summed E-state index contributed by atoms with van der Waals surface area (Å²) in [5, 5.41) is 18.3. The predicted molar refractivity (Wildman–Crippen MR) is 168 cm³/mol. The molecule has 0 aromatic heterocycles. The molecule has 1 aliphatic rings. The van der Waals surface area contributed by atoms with Crippen molar-refractivity contribution in [1.82, 2.24) is 4.90 Å². The lowest BCUT2D eigenvalue weighted by Gasteiger charge is -2.39. The monoisotopic (exact) mass is 590 g/mol. The van der Waals surface area contributed by atoms with Crippen molar-refractivity contribution in [2.75, 3.05) is 13.7 Å². The molecule has 1 saturated carbocycles. The molecule has 2 aromatic carbocycles. The Morgan fingerprint density at radius 3 is 2.15 bits per heavy atom. The van der Waals surface area contributed by atoms with Gasteiger partial charge in [-0.15, -0.1) is 0 Å². The normalized spacial score (nSPS) is 18.1. The van der Waals surface area contributed by atoms with E-state index in [1.54, 1.807) is 25.1 Å². The number of esters is 1. The molecule has 222 valence electrons. The molecule has 7 heteroatoms. The van der Waals surface area contributed by atoms with Crippen LogP contribution < -0.4 is 0 Å². The van der Waals surface area contributed by atoms with Gasteiger partial charge in [-0.2, -0.15) is 0 Å². The van der Waals surface area contributed by atoms with E-state index in [2.05, 4.69) is 57.0 Å². The number of aliphatic hydroxyl groups excluding tert-OH is 1. The lowest BCUT2D eigenvalue weighted by Crippen LogP contribution is -2.39. The molecule has 0 radical (unpaired) electrons. The first-order chi connectivity index (χ1) is 18.8. The van der Waals surface area contributed by atoms with E-state index >= 15 is 0 Å². The highest BCUT2D eigenvalue weighted by Crippen LogP contribution is 2.35. The zero-order valence-electron chi connectivity index (χ0n) is 25.1. The van der Waals surface area contributed by atoms with E-state index in [4.69, 9.17) is 33.3 Å². The molecular formula is C33H48Cl2N2O3. The number of halogens is 2. The van der Waals surface area contributed by atoms with Crippen LogP contribution in [0, 0.1) is 10.8 Å². The summed E-state index contributed by atoms with van der Waals surface area (Å²) in [4.78, 5) is 14.4. The minimum Gasteiger partial charge on any atom is -0.465 e. The molecule has 1 fully saturated rings. The Morgan fingerprint density at radius 1 is 1.07 bits per heavy atom. The fourth-order valence-electron chi connectivity index (χ4n) is 4.96. The smallest absolute Gasteiger partial charge is 0.310 e. The van der Waals surface area contributed by atoms with Crippen LogP contribution in [0.4, 0.5) is 0 Å². The second-order valence-electron chi connectivity index (χ2n) is 12.2. The summed E-state index contributed by atoms with van der Waals surface area (Å²) >= 11 is 11.4. The molecule has 0 saturated heterocycles. The molecule has 0 bridgehead atoms. The summed E-state index contributed by atoms with van der Waals surface area (Å²) < 4.78 is 5.21. The largest absolute Gasteiger partial charge is 0.465 e. The minimum atomic E-state index is -0.151. The van der Waals surface area contributed by atoms with Gasteiger partial charge in [0.2, 0.25) is 0 Å². The quantitative estimate of drug-likeness (QED) is 0.214. The number of nitrogens with zero attached hydrogens (tertiary/aromatic N) is 1. The van der Waals surface area contributed by atoms with E-state index < -0.39 is 0 Å². The standard InChI is InChI=1S/C25H41NO3.C8H7Cl2N/c1-6-17-29-24(28)18-19-7-9-20(10-8-19)23(15-16-25(2,3)4)26(5)21-11-13-22(27)14-12-21;1-5(11)6-2-7(9)4-8(10)3-6/h7-10,21-23,27H,6,11-18H2,1-5H3;2-4,11H,1H3. The van der Waals surface area contributed by atoms with Gasteiger partial charge in [-0.3, -0.25) is 9.69 Å². The molecule has 2 aromatic rings. The van der Waals surface area contributed by atoms with Crippen molar-refractivity contribution in [3.8, 4) is 0 Å². The Balaban J connectivity index is 0.000000425. The van der Waals surface area contributed by atoms with Crippen LogP contribution in [0.1, 0.15) is 102 Å². The van der Waals surface area contributed by atoms with Crippen molar-refractivity contribution >= 4 is 34.9 Å². The molecule has 3 rings (SSSR count). The first-order valence-corrected chi connectivity index (χ1v) is 15.2. The third-order valence-electron chi connectivity index (χ3n) is 7.38. The third-order valence-corrected chi connectivity index (χ3v) is 7.81. The summed E-state index contributed by atoms with van der Waals surface area (Å²) in [5.41, 5.74) is 3.85. The summed E-state index contributed by atoms with van der Waals surface area (Å²) in [6, 6.07) is 14.5. The average molecular weight is 592 g/mol. The number of hydrogen-bond donors (Lipinski definition) is 2. The number of nitrogens with one attached hydrogen (secondary N) is 1. The van der Waals surface area contributed by atoms with E-state index in [9.17, 15) is 9.90 Å². The highest BCUT2D eigenvalue weighted by atomic mass is 35.5. The minimum absolute atomic E-state index is 0.126. The van der Waals surface area contributed by atoms with Crippen molar-refractivity contribution in [2.24, 2.45) is 5.41 Å². The number of benzene rings is 2. The van der Waals surface area contributed by atoms with Crippen LogP contribution in [-0.4, -0.2) is 47.5 Å². The van der Waals surface area contributed by atoms with Crippen LogP contribution in [-0.2, 0) is 16.0 Å². The van der Waals surface area contributed by atoms with Crippen LogP contribution in [0.15, 0.2) is 42.5 Å². The Bertz CT molecular complexity index is 1050. The summed E-state index contributed by atoms with van der Waals surface area (Å²) in [6.07, 6.45) is 7.25. The molecule has 0 spiro atoms. The SMILES string of the molecule is CC(=N)c1cc(Cl)cc(Cl)c1.CCCOC(=O)Cc1ccc(C(CCC(C)(C)C)N(C)C2CCC(O)CC2)cc1. The van der Waals surface area contributed by atoms with E-state index in [0.717, 1.165) is 56.1 Å². The van der Waals surface area contributed by atoms with Crippen molar-refractivity contribution in [3.63, 3.8) is 0 Å². The molecule has 1 unspecified atom stereocenters. The molecule has 2 N–H and O–H groups in total. The lowest BCUT2D eigenvalue weighted by atomic mass is 9.85. The second kappa shape index (κ2) is 16.5. The van der Waals surface area contributed by atoms with Gasteiger partial charge in [0, 0.05) is 27.8 Å². The van der Waals surface area contributed by atoms with Gasteiger partial charge in [0.15, 0.2) is 0 Å². The Kier molecular flexibility index (Phi) is 14.1. The highest BCUT2D eigenvalue weighted by Gasteiger charge is 2.29. The number of carbonyl (C=O) groups excluding carboxylic acids is 1. The molecule has 40 heavy (non-hydrogen) atoms. The van der Waals surface area contributed by atoms with Gasteiger partial charge >= 0.3 is 5.97 Å². The molecular weight excluding hydrogens is 543 g/mol. The van der Waals surface area contributed by atoms with Gasteiger partial charge < -0.3 is 15.3 Å². The van der Waals surface area contributed by atoms with E-state index in [0.29, 0.717) is 46.3 Å². The first kappa shape index (κ1) is 34.3. The fraction of sp³-hybridized carbons (Fsp3) is 0.576. The highest BCUT2D eigenvalue weighted by molar-refractivity contribution is 6.35. The predicted octanol–water partition coefficient (Wildman–Crippen LogP) is 8.67. The average Bonchev–Trinajstić information content (AvgIpc) is 2.88. The Morgan fingerprint density at radius 2 is 1.65 bits per heavy atom. The molecule has 0 heterocycles.